The van der Waals surface area contributed by atoms with Crippen LogP contribution < -0.4 is 9.64 Å². The van der Waals surface area contributed by atoms with Crippen molar-refractivity contribution in [1.82, 2.24) is 4.90 Å². The molecule has 3 aromatic rings. The van der Waals surface area contributed by atoms with Crippen molar-refractivity contribution in [2.75, 3.05) is 31.1 Å². The lowest BCUT2D eigenvalue weighted by Gasteiger charge is -2.36. The van der Waals surface area contributed by atoms with Crippen LogP contribution in [0.5, 0.6) is 17.2 Å². The fourth-order valence-corrected chi connectivity index (χ4v) is 3.30. The zero-order chi connectivity index (χ0) is 19.3. The average Bonchev–Trinajstić information content (AvgIpc) is 2.75. The molecule has 0 aliphatic carbocycles. The number of carbonyl (C=O) groups is 1. The van der Waals surface area contributed by atoms with Gasteiger partial charge in [-0.25, -0.2) is 0 Å². The Balaban J connectivity index is 1.34. The molecule has 0 bridgehead atoms. The third-order valence-electron chi connectivity index (χ3n) is 4.86. The van der Waals surface area contributed by atoms with Gasteiger partial charge in [-0.2, -0.15) is 0 Å². The second-order valence-electron chi connectivity index (χ2n) is 6.74. The molecule has 5 nitrogen and oxygen atoms in total. The van der Waals surface area contributed by atoms with Crippen LogP contribution in [-0.4, -0.2) is 42.1 Å². The van der Waals surface area contributed by atoms with Crippen LogP contribution in [0.3, 0.4) is 0 Å². The quantitative estimate of drug-likeness (QED) is 0.745. The number of amides is 1. The Morgan fingerprint density at radius 2 is 1.36 bits per heavy atom. The summed E-state index contributed by atoms with van der Waals surface area (Å²) >= 11 is 0. The minimum Gasteiger partial charge on any atom is -0.508 e. The highest BCUT2D eigenvalue weighted by Gasteiger charge is 2.22. The summed E-state index contributed by atoms with van der Waals surface area (Å²) in [5, 5.41) is 9.37. The number of phenols is 1. The maximum absolute atomic E-state index is 12.6. The molecule has 1 aliphatic heterocycles. The Hall–Kier alpha value is -3.47. The van der Waals surface area contributed by atoms with Gasteiger partial charge in [-0.1, -0.05) is 18.2 Å². The molecule has 1 amide bonds. The number of para-hydroxylation sites is 1. The molecule has 0 aromatic heterocycles. The number of ether oxygens (including phenoxy) is 1. The van der Waals surface area contributed by atoms with E-state index < -0.39 is 0 Å². The van der Waals surface area contributed by atoms with E-state index >= 15 is 0 Å². The third-order valence-corrected chi connectivity index (χ3v) is 4.86. The molecule has 0 atom stereocenters. The van der Waals surface area contributed by atoms with Crippen LogP contribution >= 0.6 is 0 Å². The van der Waals surface area contributed by atoms with E-state index in [4.69, 9.17) is 4.74 Å². The van der Waals surface area contributed by atoms with Crippen LogP contribution in [0.25, 0.3) is 0 Å². The Labute approximate surface area is 164 Å². The van der Waals surface area contributed by atoms with Crippen molar-refractivity contribution in [2.24, 2.45) is 0 Å². The molecule has 0 spiro atoms. The summed E-state index contributed by atoms with van der Waals surface area (Å²) in [5.41, 5.74) is 1.73. The van der Waals surface area contributed by atoms with Crippen LogP contribution in [0.2, 0.25) is 0 Å². The van der Waals surface area contributed by atoms with Crippen molar-refractivity contribution < 1.29 is 14.6 Å². The van der Waals surface area contributed by atoms with E-state index in [1.807, 2.05) is 47.4 Å². The summed E-state index contributed by atoms with van der Waals surface area (Å²) in [7, 11) is 0. The second-order valence-corrected chi connectivity index (χ2v) is 6.74. The number of benzene rings is 3. The van der Waals surface area contributed by atoms with Crippen molar-refractivity contribution >= 4 is 11.6 Å². The fraction of sp³-hybridized carbons (Fsp3) is 0.174. The van der Waals surface area contributed by atoms with E-state index in [0.717, 1.165) is 30.3 Å². The minimum absolute atomic E-state index is 0.00580. The van der Waals surface area contributed by atoms with Gasteiger partial charge < -0.3 is 19.6 Å². The van der Waals surface area contributed by atoms with Crippen LogP contribution in [-0.2, 0) is 0 Å². The number of hydrogen-bond donors (Lipinski definition) is 1. The number of piperazine rings is 1. The Kier molecular flexibility index (Phi) is 5.15. The predicted octanol–water partition coefficient (Wildman–Crippen LogP) is 4.15. The van der Waals surface area contributed by atoms with Crippen LogP contribution in [0, 0.1) is 0 Å². The first kappa shape index (κ1) is 17.9. The molecule has 4 rings (SSSR count). The molecule has 0 saturated carbocycles. The maximum atomic E-state index is 12.6. The summed E-state index contributed by atoms with van der Waals surface area (Å²) in [6, 6.07) is 24.2. The lowest BCUT2D eigenvalue weighted by atomic mass is 10.1. The van der Waals surface area contributed by atoms with Crippen molar-refractivity contribution in [3.05, 3.63) is 84.4 Å². The van der Waals surface area contributed by atoms with Crippen molar-refractivity contribution in [2.45, 2.75) is 0 Å². The van der Waals surface area contributed by atoms with Crippen LogP contribution in [0.1, 0.15) is 10.4 Å². The number of hydrogen-bond acceptors (Lipinski definition) is 4. The van der Waals surface area contributed by atoms with E-state index in [2.05, 4.69) is 17.0 Å². The first-order chi connectivity index (χ1) is 13.7. The molecule has 0 radical (unpaired) electrons. The molecular weight excluding hydrogens is 352 g/mol. The molecule has 1 aliphatic rings. The van der Waals surface area contributed by atoms with E-state index in [0.29, 0.717) is 18.7 Å². The number of carbonyl (C=O) groups excluding carboxylic acids is 1. The van der Waals surface area contributed by atoms with Crippen LogP contribution in [0.15, 0.2) is 78.9 Å². The Morgan fingerprint density at radius 1 is 0.750 bits per heavy atom. The minimum atomic E-state index is 0.00580. The van der Waals surface area contributed by atoms with Gasteiger partial charge in [-0.05, 0) is 60.7 Å². The standard InChI is InChI=1S/C23H22N2O3/c26-20-10-6-18(7-11-20)23(27)25-16-14-24(15-17-25)19-8-12-22(13-9-19)28-21-4-2-1-3-5-21/h1-13,26H,14-17H2. The van der Waals surface area contributed by atoms with Crippen molar-refractivity contribution in [1.29, 1.82) is 0 Å². The van der Waals surface area contributed by atoms with E-state index in [1.165, 1.54) is 0 Å². The molecule has 0 unspecified atom stereocenters. The molecular formula is C23H22N2O3. The van der Waals surface area contributed by atoms with Crippen molar-refractivity contribution in [3.63, 3.8) is 0 Å². The smallest absolute Gasteiger partial charge is 0.253 e. The average molecular weight is 374 g/mol. The highest BCUT2D eigenvalue weighted by molar-refractivity contribution is 5.94. The fourth-order valence-electron chi connectivity index (χ4n) is 3.30. The summed E-state index contributed by atoms with van der Waals surface area (Å²) in [6.07, 6.45) is 0. The number of phenolic OH excluding ortho intramolecular Hbond substituents is 1. The SMILES string of the molecule is O=C(c1ccc(O)cc1)N1CCN(c2ccc(Oc3ccccc3)cc2)CC1. The van der Waals surface area contributed by atoms with Gasteiger partial charge in [0.1, 0.15) is 17.2 Å². The second kappa shape index (κ2) is 8.05. The zero-order valence-electron chi connectivity index (χ0n) is 15.5. The van der Waals surface area contributed by atoms with Gasteiger partial charge in [0.15, 0.2) is 0 Å². The number of nitrogens with zero attached hydrogens (tertiary/aromatic N) is 2. The zero-order valence-corrected chi connectivity index (χ0v) is 15.5. The maximum Gasteiger partial charge on any atom is 0.253 e. The third kappa shape index (κ3) is 4.09. The molecule has 1 N–H and O–H groups in total. The number of rotatable bonds is 4. The van der Waals surface area contributed by atoms with E-state index in [1.54, 1.807) is 24.3 Å². The van der Waals surface area contributed by atoms with Gasteiger partial charge in [0.05, 0.1) is 0 Å². The first-order valence-corrected chi connectivity index (χ1v) is 9.35. The molecule has 1 saturated heterocycles. The molecule has 28 heavy (non-hydrogen) atoms. The van der Waals surface area contributed by atoms with E-state index in [-0.39, 0.29) is 11.7 Å². The summed E-state index contributed by atoms with van der Waals surface area (Å²) in [6.45, 7) is 2.90. The van der Waals surface area contributed by atoms with Gasteiger partial charge in [0.25, 0.3) is 5.91 Å². The van der Waals surface area contributed by atoms with Gasteiger partial charge in [0, 0.05) is 37.4 Å². The van der Waals surface area contributed by atoms with Gasteiger partial charge in [-0.3, -0.25) is 4.79 Å². The molecule has 1 heterocycles. The van der Waals surface area contributed by atoms with Gasteiger partial charge in [-0.15, -0.1) is 0 Å². The molecule has 5 heteroatoms. The highest BCUT2D eigenvalue weighted by Crippen LogP contribution is 2.25. The lowest BCUT2D eigenvalue weighted by molar-refractivity contribution is 0.0747. The normalized spacial score (nSPS) is 14.0. The van der Waals surface area contributed by atoms with Crippen LogP contribution in [0.4, 0.5) is 5.69 Å². The summed E-state index contributed by atoms with van der Waals surface area (Å²) in [5.74, 6) is 1.79. The highest BCUT2D eigenvalue weighted by atomic mass is 16.5. The Morgan fingerprint density at radius 3 is 2.00 bits per heavy atom. The topological polar surface area (TPSA) is 53.0 Å². The van der Waals surface area contributed by atoms with E-state index in [9.17, 15) is 9.90 Å². The predicted molar refractivity (Wildman–Crippen MR) is 109 cm³/mol. The molecule has 3 aromatic carbocycles. The monoisotopic (exact) mass is 374 g/mol. The summed E-state index contributed by atoms with van der Waals surface area (Å²) in [4.78, 5) is 16.7. The van der Waals surface area contributed by atoms with Gasteiger partial charge in [0.2, 0.25) is 0 Å². The largest absolute Gasteiger partial charge is 0.508 e. The molecule has 1 fully saturated rings. The first-order valence-electron chi connectivity index (χ1n) is 9.35. The van der Waals surface area contributed by atoms with Gasteiger partial charge >= 0.3 is 0 Å². The molecule has 142 valence electrons. The lowest BCUT2D eigenvalue weighted by Crippen LogP contribution is -2.48. The number of anilines is 1. The summed E-state index contributed by atoms with van der Waals surface area (Å²) < 4.78 is 5.84. The van der Waals surface area contributed by atoms with Crippen molar-refractivity contribution in [3.8, 4) is 17.2 Å². The number of aromatic hydroxyl groups is 1. The Bertz CT molecular complexity index is 916.